The quantitative estimate of drug-likeness (QED) is 0.548. The molecule has 1 aromatic heterocycles. The lowest BCUT2D eigenvalue weighted by Crippen LogP contribution is -2.11. The molecule has 0 fully saturated rings. The Kier molecular flexibility index (Phi) is 5.74. The first-order valence-corrected chi connectivity index (χ1v) is 9.36. The third-order valence-corrected chi connectivity index (χ3v) is 5.21. The van der Waals surface area contributed by atoms with E-state index >= 15 is 0 Å². The summed E-state index contributed by atoms with van der Waals surface area (Å²) in [6, 6.07) is 11.9. The average molecular weight is 405 g/mol. The van der Waals surface area contributed by atoms with Gasteiger partial charge in [0, 0.05) is 11.3 Å². The summed E-state index contributed by atoms with van der Waals surface area (Å²) in [5, 5.41) is 4.42. The summed E-state index contributed by atoms with van der Waals surface area (Å²) in [5.41, 5.74) is 2.72. The second-order valence-corrected chi connectivity index (χ2v) is 7.29. The minimum absolute atomic E-state index is 0.305. The van der Waals surface area contributed by atoms with E-state index in [1.807, 2.05) is 37.4 Å². The molecule has 0 bridgehead atoms. The summed E-state index contributed by atoms with van der Waals surface area (Å²) in [7, 11) is 0. The second kappa shape index (κ2) is 8.06. The Morgan fingerprint density at radius 3 is 2.39 bits per heavy atom. The van der Waals surface area contributed by atoms with Crippen molar-refractivity contribution in [2.75, 3.05) is 5.32 Å². The van der Waals surface area contributed by atoms with Gasteiger partial charge < -0.3 is 10.1 Å². The van der Waals surface area contributed by atoms with Gasteiger partial charge in [-0.3, -0.25) is 4.79 Å². The Bertz CT molecular complexity index is 978. The highest BCUT2D eigenvalue weighted by Gasteiger charge is 2.30. The summed E-state index contributed by atoms with van der Waals surface area (Å²) in [6.45, 7) is 4.36. The third-order valence-electron chi connectivity index (χ3n) is 4.23. The van der Waals surface area contributed by atoms with Crippen molar-refractivity contribution in [1.29, 1.82) is 0 Å². The summed E-state index contributed by atoms with van der Waals surface area (Å²) < 4.78 is 43.5. The number of hydrogen-bond acceptors (Lipinski definition) is 3. The Morgan fingerprint density at radius 2 is 1.75 bits per heavy atom. The van der Waals surface area contributed by atoms with Crippen LogP contribution in [-0.4, -0.2) is 5.91 Å². The van der Waals surface area contributed by atoms with Crippen LogP contribution in [-0.2, 0) is 12.8 Å². The van der Waals surface area contributed by atoms with Gasteiger partial charge in [-0.25, -0.2) is 0 Å². The van der Waals surface area contributed by atoms with Crippen LogP contribution in [0.25, 0.3) is 0 Å². The van der Waals surface area contributed by atoms with E-state index in [0.717, 1.165) is 29.0 Å². The summed E-state index contributed by atoms with van der Waals surface area (Å²) in [6.07, 6.45) is -4.40. The van der Waals surface area contributed by atoms with Gasteiger partial charge >= 0.3 is 6.18 Å². The standard InChI is InChI=1S/C21H18F3NO2S/c1-13-3-8-18(9-14(13)2)27-11-15-10-19(28-12-15)20(26)25-17-6-4-16(5-7-17)21(22,23)24/h3-10,12H,11H2,1-2H3,(H,25,26). The zero-order valence-electron chi connectivity index (χ0n) is 15.3. The van der Waals surface area contributed by atoms with E-state index in [1.165, 1.54) is 29.0 Å². The number of halogens is 3. The molecule has 0 radical (unpaired) electrons. The number of anilines is 1. The maximum Gasteiger partial charge on any atom is 0.416 e. The van der Waals surface area contributed by atoms with Gasteiger partial charge in [0.15, 0.2) is 0 Å². The molecule has 0 aliphatic rings. The first kappa shape index (κ1) is 19.9. The molecule has 1 amide bonds. The molecule has 0 atom stereocenters. The molecule has 2 aromatic carbocycles. The highest BCUT2D eigenvalue weighted by molar-refractivity contribution is 7.12. The SMILES string of the molecule is Cc1ccc(OCc2csc(C(=O)Nc3ccc(C(F)(F)F)cc3)c2)cc1C. The summed E-state index contributed by atoms with van der Waals surface area (Å²) in [4.78, 5) is 12.8. The number of alkyl halides is 3. The number of hydrogen-bond donors (Lipinski definition) is 1. The minimum Gasteiger partial charge on any atom is -0.489 e. The molecule has 28 heavy (non-hydrogen) atoms. The van der Waals surface area contributed by atoms with Gasteiger partial charge in [0.1, 0.15) is 12.4 Å². The van der Waals surface area contributed by atoms with Crippen molar-refractivity contribution >= 4 is 22.9 Å². The largest absolute Gasteiger partial charge is 0.489 e. The molecule has 0 saturated carbocycles. The van der Waals surface area contributed by atoms with Crippen LogP contribution in [0.2, 0.25) is 0 Å². The third kappa shape index (κ3) is 4.92. The number of thiophene rings is 1. The fourth-order valence-electron chi connectivity index (χ4n) is 2.48. The Hall–Kier alpha value is -2.80. The van der Waals surface area contributed by atoms with Crippen LogP contribution in [0.15, 0.2) is 53.9 Å². The number of amides is 1. The number of aryl methyl sites for hydroxylation is 2. The van der Waals surface area contributed by atoms with E-state index in [2.05, 4.69) is 5.32 Å². The lowest BCUT2D eigenvalue weighted by Gasteiger charge is -2.08. The van der Waals surface area contributed by atoms with E-state index in [9.17, 15) is 18.0 Å². The van der Waals surface area contributed by atoms with E-state index in [4.69, 9.17) is 4.74 Å². The molecule has 0 aliphatic heterocycles. The first-order chi connectivity index (χ1) is 13.2. The maximum atomic E-state index is 12.6. The number of nitrogens with one attached hydrogen (secondary N) is 1. The number of ether oxygens (including phenoxy) is 1. The number of benzene rings is 2. The topological polar surface area (TPSA) is 38.3 Å². The van der Waals surface area contributed by atoms with Crippen LogP contribution in [0.5, 0.6) is 5.75 Å². The Labute approximate surface area is 164 Å². The lowest BCUT2D eigenvalue weighted by atomic mass is 10.1. The molecular weight excluding hydrogens is 387 g/mol. The van der Waals surface area contributed by atoms with E-state index < -0.39 is 11.7 Å². The Balaban J connectivity index is 1.59. The van der Waals surface area contributed by atoms with Crippen molar-refractivity contribution < 1.29 is 22.7 Å². The maximum absolute atomic E-state index is 12.6. The normalized spacial score (nSPS) is 11.3. The molecule has 3 nitrogen and oxygen atoms in total. The van der Waals surface area contributed by atoms with Crippen LogP contribution >= 0.6 is 11.3 Å². The van der Waals surface area contributed by atoms with Crippen molar-refractivity contribution in [2.24, 2.45) is 0 Å². The summed E-state index contributed by atoms with van der Waals surface area (Å²) in [5.74, 6) is 0.382. The molecule has 3 aromatic rings. The van der Waals surface area contributed by atoms with Crippen LogP contribution in [0.3, 0.4) is 0 Å². The summed E-state index contributed by atoms with van der Waals surface area (Å²) >= 11 is 1.25. The van der Waals surface area contributed by atoms with Crippen molar-refractivity contribution in [1.82, 2.24) is 0 Å². The number of carbonyl (C=O) groups excluding carboxylic acids is 1. The Morgan fingerprint density at radius 1 is 1.04 bits per heavy atom. The van der Waals surface area contributed by atoms with Gasteiger partial charge in [0.05, 0.1) is 10.4 Å². The van der Waals surface area contributed by atoms with Crippen molar-refractivity contribution in [3.63, 3.8) is 0 Å². The van der Waals surface area contributed by atoms with Crippen LogP contribution in [0.1, 0.15) is 31.9 Å². The fourth-order valence-corrected chi connectivity index (χ4v) is 3.27. The van der Waals surface area contributed by atoms with Gasteiger partial charge in [-0.15, -0.1) is 11.3 Å². The van der Waals surface area contributed by atoms with E-state index in [0.29, 0.717) is 17.2 Å². The van der Waals surface area contributed by atoms with Gasteiger partial charge in [-0.1, -0.05) is 6.07 Å². The van der Waals surface area contributed by atoms with Crippen LogP contribution in [0, 0.1) is 13.8 Å². The van der Waals surface area contributed by atoms with Crippen molar-refractivity contribution in [2.45, 2.75) is 26.6 Å². The lowest BCUT2D eigenvalue weighted by molar-refractivity contribution is -0.137. The molecule has 3 rings (SSSR count). The molecule has 146 valence electrons. The molecule has 0 saturated heterocycles. The van der Waals surface area contributed by atoms with Gasteiger partial charge in [0.25, 0.3) is 5.91 Å². The number of rotatable bonds is 5. The first-order valence-electron chi connectivity index (χ1n) is 8.48. The van der Waals surface area contributed by atoms with Gasteiger partial charge in [-0.05, 0) is 72.8 Å². The van der Waals surface area contributed by atoms with E-state index in [1.54, 1.807) is 6.07 Å². The van der Waals surface area contributed by atoms with Crippen molar-refractivity contribution in [3.05, 3.63) is 81.0 Å². The molecule has 1 heterocycles. The molecule has 1 N–H and O–H groups in total. The molecule has 7 heteroatoms. The zero-order valence-corrected chi connectivity index (χ0v) is 16.1. The second-order valence-electron chi connectivity index (χ2n) is 6.38. The van der Waals surface area contributed by atoms with E-state index in [-0.39, 0.29) is 5.91 Å². The van der Waals surface area contributed by atoms with Crippen molar-refractivity contribution in [3.8, 4) is 5.75 Å². The van der Waals surface area contributed by atoms with Crippen LogP contribution < -0.4 is 10.1 Å². The fraction of sp³-hybridized carbons (Fsp3) is 0.190. The van der Waals surface area contributed by atoms with Crippen LogP contribution in [0.4, 0.5) is 18.9 Å². The average Bonchev–Trinajstić information content (AvgIpc) is 3.12. The predicted octanol–water partition coefficient (Wildman–Crippen LogP) is 6.22. The minimum atomic E-state index is -4.40. The number of carbonyl (C=O) groups is 1. The zero-order chi connectivity index (χ0) is 20.3. The highest BCUT2D eigenvalue weighted by atomic mass is 32.1. The smallest absolute Gasteiger partial charge is 0.416 e. The molecular formula is C21H18F3NO2S. The highest BCUT2D eigenvalue weighted by Crippen LogP contribution is 2.30. The monoisotopic (exact) mass is 405 g/mol. The molecule has 0 spiro atoms. The van der Waals surface area contributed by atoms with Gasteiger partial charge in [0.2, 0.25) is 0 Å². The molecule has 0 aliphatic carbocycles. The van der Waals surface area contributed by atoms with Gasteiger partial charge in [-0.2, -0.15) is 13.2 Å². The predicted molar refractivity (Wildman–Crippen MR) is 104 cm³/mol. The molecule has 0 unspecified atom stereocenters.